The van der Waals surface area contributed by atoms with Crippen LogP contribution in [0.3, 0.4) is 0 Å². The van der Waals surface area contributed by atoms with Crippen molar-refractivity contribution in [2.75, 3.05) is 13.1 Å². The molecule has 96 valence electrons. The first kappa shape index (κ1) is 13.1. The van der Waals surface area contributed by atoms with Crippen LogP contribution in [-0.4, -0.2) is 35.0 Å². The highest BCUT2D eigenvalue weighted by atomic mass is 79.9. The molecule has 1 heterocycles. The molecular formula is C13H14BrNO3. The number of nitrogens with zero attached hydrogens (tertiary/aromatic N) is 1. The fraction of sp³-hybridized carbons (Fsp3) is 0.385. The highest BCUT2D eigenvalue weighted by Crippen LogP contribution is 2.22. The second-order valence-electron chi connectivity index (χ2n) is 4.53. The molecule has 1 amide bonds. The summed E-state index contributed by atoms with van der Waals surface area (Å²) in [5.74, 6) is -1.33. The summed E-state index contributed by atoms with van der Waals surface area (Å²) in [6.07, 6.45) is 0.538. The maximum Gasteiger partial charge on any atom is 0.308 e. The monoisotopic (exact) mass is 311 g/mol. The SMILES string of the molecule is Cc1cc(Br)ccc1C(=O)N1CCC(C(=O)O)C1. The summed E-state index contributed by atoms with van der Waals surface area (Å²) < 4.78 is 0.932. The third-order valence-electron chi connectivity index (χ3n) is 3.24. The zero-order valence-electron chi connectivity index (χ0n) is 10.0. The Morgan fingerprint density at radius 1 is 1.44 bits per heavy atom. The Bertz CT molecular complexity index is 501. The van der Waals surface area contributed by atoms with E-state index in [0.29, 0.717) is 25.1 Å². The third kappa shape index (κ3) is 2.56. The van der Waals surface area contributed by atoms with E-state index >= 15 is 0 Å². The first-order chi connectivity index (χ1) is 8.49. The van der Waals surface area contributed by atoms with Crippen molar-refractivity contribution >= 4 is 27.8 Å². The molecule has 0 bridgehead atoms. The Labute approximate surface area is 114 Å². The molecular weight excluding hydrogens is 298 g/mol. The number of hydrogen-bond acceptors (Lipinski definition) is 2. The Morgan fingerprint density at radius 3 is 2.72 bits per heavy atom. The fourth-order valence-electron chi connectivity index (χ4n) is 2.18. The van der Waals surface area contributed by atoms with Crippen LogP contribution in [0.2, 0.25) is 0 Å². The molecule has 1 aromatic rings. The number of aliphatic carboxylic acids is 1. The molecule has 0 saturated carbocycles. The number of aryl methyl sites for hydroxylation is 1. The van der Waals surface area contributed by atoms with E-state index in [1.54, 1.807) is 11.0 Å². The molecule has 1 aromatic carbocycles. The lowest BCUT2D eigenvalue weighted by Gasteiger charge is -2.17. The molecule has 0 aliphatic carbocycles. The van der Waals surface area contributed by atoms with Crippen LogP contribution < -0.4 is 0 Å². The molecule has 1 fully saturated rings. The first-order valence-electron chi connectivity index (χ1n) is 5.77. The summed E-state index contributed by atoms with van der Waals surface area (Å²) in [6.45, 7) is 2.71. The van der Waals surface area contributed by atoms with Crippen molar-refractivity contribution in [2.45, 2.75) is 13.3 Å². The second kappa shape index (κ2) is 5.10. The Hall–Kier alpha value is -1.36. The highest BCUT2D eigenvalue weighted by molar-refractivity contribution is 9.10. The van der Waals surface area contributed by atoms with E-state index in [4.69, 9.17) is 5.11 Å². The number of amides is 1. The van der Waals surface area contributed by atoms with Gasteiger partial charge in [-0.05, 0) is 37.1 Å². The average molecular weight is 312 g/mol. The van der Waals surface area contributed by atoms with Crippen molar-refractivity contribution in [1.29, 1.82) is 0 Å². The molecule has 1 aliphatic rings. The van der Waals surface area contributed by atoms with Crippen molar-refractivity contribution in [3.8, 4) is 0 Å². The van der Waals surface area contributed by atoms with Gasteiger partial charge in [-0.2, -0.15) is 0 Å². The topological polar surface area (TPSA) is 57.6 Å². The maximum absolute atomic E-state index is 12.3. The summed E-state index contributed by atoms with van der Waals surface area (Å²) >= 11 is 3.35. The van der Waals surface area contributed by atoms with Crippen LogP contribution in [0.1, 0.15) is 22.3 Å². The van der Waals surface area contributed by atoms with Gasteiger partial charge in [0.25, 0.3) is 5.91 Å². The van der Waals surface area contributed by atoms with E-state index in [0.717, 1.165) is 10.0 Å². The van der Waals surface area contributed by atoms with Gasteiger partial charge in [0.2, 0.25) is 0 Å². The molecule has 18 heavy (non-hydrogen) atoms. The van der Waals surface area contributed by atoms with Crippen molar-refractivity contribution < 1.29 is 14.7 Å². The maximum atomic E-state index is 12.3. The fourth-order valence-corrected chi connectivity index (χ4v) is 2.66. The molecule has 1 unspecified atom stereocenters. The smallest absolute Gasteiger partial charge is 0.308 e. The van der Waals surface area contributed by atoms with Crippen LogP contribution >= 0.6 is 15.9 Å². The number of carbonyl (C=O) groups is 2. The first-order valence-corrected chi connectivity index (χ1v) is 6.56. The van der Waals surface area contributed by atoms with Crippen molar-refractivity contribution in [2.24, 2.45) is 5.92 Å². The lowest BCUT2D eigenvalue weighted by atomic mass is 10.1. The summed E-state index contributed by atoms with van der Waals surface area (Å²) in [4.78, 5) is 24.8. The number of benzene rings is 1. The molecule has 0 spiro atoms. The normalized spacial score (nSPS) is 19.0. The van der Waals surface area contributed by atoms with Crippen LogP contribution in [0, 0.1) is 12.8 Å². The highest BCUT2D eigenvalue weighted by Gasteiger charge is 2.31. The standard InChI is InChI=1S/C13H14BrNO3/c1-8-6-10(14)2-3-11(8)12(16)15-5-4-9(7-15)13(17)18/h2-3,6,9H,4-5,7H2,1H3,(H,17,18). The number of carboxylic acid groups (broad SMARTS) is 1. The van der Waals surface area contributed by atoms with Crippen LogP contribution in [0.5, 0.6) is 0 Å². The Morgan fingerprint density at radius 2 is 2.17 bits per heavy atom. The quantitative estimate of drug-likeness (QED) is 0.911. The van der Waals surface area contributed by atoms with E-state index in [-0.39, 0.29) is 5.91 Å². The van der Waals surface area contributed by atoms with Gasteiger partial charge in [-0.3, -0.25) is 9.59 Å². The zero-order chi connectivity index (χ0) is 13.3. The van der Waals surface area contributed by atoms with Gasteiger partial charge in [-0.25, -0.2) is 0 Å². The molecule has 0 aromatic heterocycles. The summed E-state index contributed by atoms with van der Waals surface area (Å²) in [5.41, 5.74) is 1.54. The lowest BCUT2D eigenvalue weighted by Crippen LogP contribution is -2.30. The van der Waals surface area contributed by atoms with E-state index in [1.807, 2.05) is 19.1 Å². The van der Waals surface area contributed by atoms with Gasteiger partial charge in [0, 0.05) is 23.1 Å². The van der Waals surface area contributed by atoms with Gasteiger partial charge < -0.3 is 10.0 Å². The van der Waals surface area contributed by atoms with Gasteiger partial charge in [0.15, 0.2) is 0 Å². The predicted molar refractivity (Wildman–Crippen MR) is 70.5 cm³/mol. The number of carboxylic acids is 1. The molecule has 5 heteroatoms. The molecule has 1 atom stereocenters. The van der Waals surface area contributed by atoms with Crippen molar-refractivity contribution in [3.63, 3.8) is 0 Å². The Kier molecular flexibility index (Phi) is 3.71. The van der Waals surface area contributed by atoms with Crippen molar-refractivity contribution in [3.05, 3.63) is 33.8 Å². The molecule has 4 nitrogen and oxygen atoms in total. The minimum absolute atomic E-state index is 0.0799. The number of halogens is 1. The van der Waals surface area contributed by atoms with E-state index in [1.165, 1.54) is 0 Å². The minimum atomic E-state index is -0.821. The third-order valence-corrected chi connectivity index (χ3v) is 3.74. The van der Waals surface area contributed by atoms with E-state index in [9.17, 15) is 9.59 Å². The Balaban J connectivity index is 2.15. The van der Waals surface area contributed by atoms with E-state index < -0.39 is 11.9 Å². The molecule has 1 saturated heterocycles. The van der Waals surface area contributed by atoms with Crippen LogP contribution in [0.15, 0.2) is 22.7 Å². The molecule has 0 radical (unpaired) electrons. The van der Waals surface area contributed by atoms with Gasteiger partial charge in [-0.15, -0.1) is 0 Å². The van der Waals surface area contributed by atoms with Gasteiger partial charge in [-0.1, -0.05) is 15.9 Å². The van der Waals surface area contributed by atoms with Crippen LogP contribution in [-0.2, 0) is 4.79 Å². The lowest BCUT2D eigenvalue weighted by molar-refractivity contribution is -0.141. The molecule has 1 aliphatic heterocycles. The molecule has 1 N–H and O–H groups in total. The zero-order valence-corrected chi connectivity index (χ0v) is 11.6. The summed E-state index contributed by atoms with van der Waals surface area (Å²) in [7, 11) is 0. The number of likely N-dealkylation sites (tertiary alicyclic amines) is 1. The second-order valence-corrected chi connectivity index (χ2v) is 5.45. The van der Waals surface area contributed by atoms with E-state index in [2.05, 4.69) is 15.9 Å². The molecule has 2 rings (SSSR count). The average Bonchev–Trinajstić information content (AvgIpc) is 2.77. The summed E-state index contributed by atoms with van der Waals surface area (Å²) in [6, 6.07) is 5.48. The van der Waals surface area contributed by atoms with Crippen LogP contribution in [0.4, 0.5) is 0 Å². The van der Waals surface area contributed by atoms with Gasteiger partial charge in [0.1, 0.15) is 0 Å². The summed E-state index contributed by atoms with van der Waals surface area (Å²) in [5, 5.41) is 8.93. The van der Waals surface area contributed by atoms with Gasteiger partial charge in [0.05, 0.1) is 5.92 Å². The number of rotatable bonds is 2. The van der Waals surface area contributed by atoms with Crippen LogP contribution in [0.25, 0.3) is 0 Å². The van der Waals surface area contributed by atoms with Gasteiger partial charge >= 0.3 is 5.97 Å². The minimum Gasteiger partial charge on any atom is -0.481 e. The van der Waals surface area contributed by atoms with Crippen molar-refractivity contribution in [1.82, 2.24) is 4.90 Å². The predicted octanol–water partition coefficient (Wildman–Crippen LogP) is 2.30. The number of hydrogen-bond donors (Lipinski definition) is 1. The number of carbonyl (C=O) groups excluding carboxylic acids is 1. The largest absolute Gasteiger partial charge is 0.481 e.